The van der Waals surface area contributed by atoms with Gasteiger partial charge in [-0.2, -0.15) is 0 Å². The maximum absolute atomic E-state index is 17.2. The molecule has 9 atom stereocenters. The van der Waals surface area contributed by atoms with E-state index in [0.29, 0.717) is 18.4 Å². The SMILES string of the molecule is C[C@]12C=CC(=O)CC1=CC[C@H]1[C@@H]3C[C@@H](O)[C@](O)(C(=O)COC(=O)NC(COC(=O)CCCCCO[N+](=O)[O-])C(=O)O)[C@@]3(C)C[C@H](O)[C@@]12F. The van der Waals surface area contributed by atoms with Gasteiger partial charge < -0.3 is 40.1 Å². The lowest BCUT2D eigenvalue weighted by Crippen LogP contribution is -2.69. The summed E-state index contributed by atoms with van der Waals surface area (Å²) in [5, 5.41) is 54.8. The Morgan fingerprint density at radius 1 is 1.12 bits per heavy atom. The normalized spacial score (nSPS) is 35.6. The fourth-order valence-corrected chi connectivity index (χ4v) is 8.17. The Balaban J connectivity index is 1.36. The van der Waals surface area contributed by atoms with Crippen LogP contribution < -0.4 is 5.32 Å². The molecule has 1 unspecified atom stereocenters. The first-order valence-electron chi connectivity index (χ1n) is 15.7. The summed E-state index contributed by atoms with van der Waals surface area (Å²) in [5.41, 5.74) is -7.19. The van der Waals surface area contributed by atoms with Crippen molar-refractivity contribution in [3.63, 3.8) is 0 Å². The van der Waals surface area contributed by atoms with E-state index in [0.717, 1.165) is 0 Å². The molecule has 266 valence electrons. The van der Waals surface area contributed by atoms with Crippen LogP contribution in [0, 0.1) is 32.8 Å². The molecule has 0 radical (unpaired) electrons. The zero-order valence-electron chi connectivity index (χ0n) is 26.6. The Bertz CT molecular complexity index is 1400. The highest BCUT2D eigenvalue weighted by Gasteiger charge is 2.76. The Morgan fingerprint density at radius 2 is 1.83 bits per heavy atom. The molecule has 5 N–H and O–H groups in total. The number of alkyl carbamates (subject to hydrolysis) is 1. The predicted molar refractivity (Wildman–Crippen MR) is 158 cm³/mol. The summed E-state index contributed by atoms with van der Waals surface area (Å²) < 4.78 is 27.0. The number of unbranched alkanes of at least 4 members (excludes halogenated alkanes) is 2. The number of carboxylic acids is 1. The van der Waals surface area contributed by atoms with Crippen LogP contribution in [0.4, 0.5) is 9.18 Å². The van der Waals surface area contributed by atoms with Crippen LogP contribution in [0.1, 0.15) is 65.2 Å². The number of amides is 1. The van der Waals surface area contributed by atoms with Crippen LogP contribution in [-0.2, 0) is 33.5 Å². The highest BCUT2D eigenvalue weighted by molar-refractivity contribution is 5.94. The minimum Gasteiger partial charge on any atom is -0.480 e. The van der Waals surface area contributed by atoms with E-state index in [1.54, 1.807) is 13.0 Å². The van der Waals surface area contributed by atoms with Gasteiger partial charge in [-0.15, -0.1) is 10.1 Å². The number of nitrogens with zero attached hydrogens (tertiary/aromatic N) is 1. The highest BCUT2D eigenvalue weighted by Crippen LogP contribution is 2.69. The van der Waals surface area contributed by atoms with Crippen LogP contribution in [0.3, 0.4) is 0 Å². The first kappa shape index (κ1) is 36.9. The van der Waals surface area contributed by atoms with Crippen molar-refractivity contribution in [3.05, 3.63) is 33.9 Å². The van der Waals surface area contributed by atoms with Crippen LogP contribution in [0.25, 0.3) is 0 Å². The molecule has 0 heterocycles. The van der Waals surface area contributed by atoms with Crippen LogP contribution in [0.5, 0.6) is 0 Å². The summed E-state index contributed by atoms with van der Waals surface area (Å²) in [6, 6.07) is -1.77. The maximum atomic E-state index is 17.2. The predicted octanol–water partition coefficient (Wildman–Crippen LogP) is 1.12. The zero-order chi connectivity index (χ0) is 35.7. The third-order valence-corrected chi connectivity index (χ3v) is 10.8. The van der Waals surface area contributed by atoms with Gasteiger partial charge in [-0.3, -0.25) is 14.4 Å². The molecule has 4 aliphatic rings. The number of carbonyl (C=O) groups is 5. The molecule has 0 spiro atoms. The number of ketones is 2. The van der Waals surface area contributed by atoms with Gasteiger partial charge in [0.25, 0.3) is 5.09 Å². The average Bonchev–Trinajstić information content (AvgIpc) is 3.21. The lowest BCUT2D eigenvalue weighted by molar-refractivity contribution is -0.757. The van der Waals surface area contributed by atoms with E-state index in [9.17, 15) is 54.5 Å². The minimum absolute atomic E-state index is 0.00123. The van der Waals surface area contributed by atoms with Crippen molar-refractivity contribution in [2.75, 3.05) is 19.8 Å². The van der Waals surface area contributed by atoms with E-state index in [1.165, 1.54) is 19.1 Å². The number of aliphatic hydroxyl groups excluding tert-OH is 2. The summed E-state index contributed by atoms with van der Waals surface area (Å²) in [4.78, 5) is 75.8. The molecule has 0 aromatic heterocycles. The van der Waals surface area contributed by atoms with Crippen molar-refractivity contribution in [2.45, 2.75) is 94.7 Å². The third kappa shape index (κ3) is 6.42. The second-order valence-corrected chi connectivity index (χ2v) is 13.4. The number of carboxylic acid groups (broad SMARTS) is 1. The largest absolute Gasteiger partial charge is 0.480 e. The number of fused-ring (bicyclic) bond motifs is 5. The Labute approximate surface area is 274 Å². The molecule has 48 heavy (non-hydrogen) atoms. The summed E-state index contributed by atoms with van der Waals surface area (Å²) in [6.45, 7) is 1.02. The molecule has 0 aromatic carbocycles. The second-order valence-electron chi connectivity index (χ2n) is 13.4. The third-order valence-electron chi connectivity index (χ3n) is 10.8. The Kier molecular flexibility index (Phi) is 10.7. The first-order valence-corrected chi connectivity index (χ1v) is 15.7. The lowest BCUT2D eigenvalue weighted by Gasteiger charge is -2.61. The smallest absolute Gasteiger partial charge is 0.408 e. The monoisotopic (exact) mass is 684 g/mol. The molecule has 2 fully saturated rings. The lowest BCUT2D eigenvalue weighted by atomic mass is 9.45. The van der Waals surface area contributed by atoms with E-state index < -0.39 is 101 Å². The molecule has 16 nitrogen and oxygen atoms in total. The Morgan fingerprint density at radius 3 is 2.50 bits per heavy atom. The van der Waals surface area contributed by atoms with Crippen LogP contribution >= 0.6 is 0 Å². The van der Waals surface area contributed by atoms with Gasteiger partial charge in [0.1, 0.15) is 6.61 Å². The fraction of sp³-hybridized carbons (Fsp3) is 0.710. The van der Waals surface area contributed by atoms with Gasteiger partial charge in [-0.1, -0.05) is 31.1 Å². The summed E-state index contributed by atoms with van der Waals surface area (Å²) >= 11 is 0. The van der Waals surface area contributed by atoms with E-state index in [-0.39, 0.29) is 44.5 Å². The second kappa shape index (κ2) is 13.9. The quantitative estimate of drug-likeness (QED) is 0.0566. The number of alkyl halides is 1. The minimum atomic E-state index is -2.57. The number of aliphatic carboxylic acids is 1. The first-order chi connectivity index (χ1) is 22.4. The number of Topliss-reactive ketones (excluding diaryl/α,β-unsaturated/α-hetero) is 1. The molecule has 0 bridgehead atoms. The van der Waals surface area contributed by atoms with Crippen molar-refractivity contribution < 1.29 is 68.2 Å². The Hall–Kier alpha value is -3.96. The van der Waals surface area contributed by atoms with E-state index in [2.05, 4.69) is 4.84 Å². The number of hydrogen-bond donors (Lipinski definition) is 5. The molecule has 1 amide bonds. The van der Waals surface area contributed by atoms with Crippen molar-refractivity contribution >= 4 is 29.6 Å². The molecular weight excluding hydrogens is 643 g/mol. The number of nitrogens with one attached hydrogen (secondary N) is 1. The molecular formula is C31H41FN2O14. The van der Waals surface area contributed by atoms with Crippen LogP contribution in [0.2, 0.25) is 0 Å². The van der Waals surface area contributed by atoms with Gasteiger partial charge in [-0.25, -0.2) is 14.0 Å². The number of ether oxygens (including phenoxy) is 2. The van der Waals surface area contributed by atoms with Gasteiger partial charge in [0.15, 0.2) is 29.7 Å². The standard InChI is InChI=1S/C31H41FN2O14/c1-28-10-9-18(35)12-17(28)7-8-19-20-13-22(36)31(43,29(20,2)14-23(37)30(19,28)32)24(38)16-47-27(42)33-21(26(40)41)15-46-25(39)6-4-3-5-11-48-34(44)45/h7,9-10,19-23,36-37,43H,3-6,8,11-16H2,1-2H3,(H,33,42)(H,40,41)/t19-,20-,21?,22+,23-,28-,29-,30-,31-/m0/s1. The number of halogens is 1. The van der Waals surface area contributed by atoms with Gasteiger partial charge in [0.2, 0.25) is 5.78 Å². The van der Waals surface area contributed by atoms with Gasteiger partial charge in [0.05, 0.1) is 18.8 Å². The fourth-order valence-electron chi connectivity index (χ4n) is 8.17. The number of rotatable bonds is 14. The summed E-state index contributed by atoms with van der Waals surface area (Å²) in [6.07, 6.45) is -0.0177. The van der Waals surface area contributed by atoms with Gasteiger partial charge in [0, 0.05) is 29.6 Å². The van der Waals surface area contributed by atoms with Crippen molar-refractivity contribution in [2.24, 2.45) is 22.7 Å². The molecule has 0 saturated heterocycles. The van der Waals surface area contributed by atoms with Crippen molar-refractivity contribution in [1.82, 2.24) is 5.32 Å². The molecule has 0 aromatic rings. The molecule has 4 rings (SSSR count). The van der Waals surface area contributed by atoms with Crippen molar-refractivity contribution in [1.29, 1.82) is 0 Å². The van der Waals surface area contributed by atoms with Gasteiger partial charge >= 0.3 is 18.0 Å². The zero-order valence-corrected chi connectivity index (χ0v) is 26.6. The number of aliphatic hydroxyl groups is 3. The summed E-state index contributed by atoms with van der Waals surface area (Å²) in [5.74, 6) is -5.47. The number of carbonyl (C=O) groups excluding carboxylic acids is 4. The maximum Gasteiger partial charge on any atom is 0.408 e. The molecule has 17 heteroatoms. The van der Waals surface area contributed by atoms with E-state index >= 15 is 4.39 Å². The number of hydrogen-bond acceptors (Lipinski definition) is 13. The average molecular weight is 685 g/mol. The van der Waals surface area contributed by atoms with E-state index in [1.807, 2.05) is 5.32 Å². The molecule has 4 aliphatic carbocycles. The topological polar surface area (TPSA) is 249 Å². The van der Waals surface area contributed by atoms with Crippen LogP contribution in [0.15, 0.2) is 23.8 Å². The number of esters is 1. The van der Waals surface area contributed by atoms with Crippen LogP contribution in [-0.4, -0.2) is 104 Å². The number of allylic oxidation sites excluding steroid dienone is 4. The summed E-state index contributed by atoms with van der Waals surface area (Å²) in [7, 11) is 0. The van der Waals surface area contributed by atoms with Gasteiger partial charge in [-0.05, 0) is 51.0 Å². The van der Waals surface area contributed by atoms with Crippen molar-refractivity contribution in [3.8, 4) is 0 Å². The van der Waals surface area contributed by atoms with E-state index in [4.69, 9.17) is 9.47 Å². The molecule has 2 saturated carbocycles. The molecule has 0 aliphatic heterocycles. The highest BCUT2D eigenvalue weighted by atomic mass is 19.1.